The van der Waals surface area contributed by atoms with E-state index >= 15 is 0 Å². The van der Waals surface area contributed by atoms with Gasteiger partial charge in [-0.1, -0.05) is 37.6 Å². The second-order valence-electron chi connectivity index (χ2n) is 6.21. The van der Waals surface area contributed by atoms with Gasteiger partial charge in [-0.3, -0.25) is 4.79 Å². The van der Waals surface area contributed by atoms with Crippen molar-refractivity contribution in [1.82, 2.24) is 4.57 Å². The predicted octanol–water partition coefficient (Wildman–Crippen LogP) is 3.85. The summed E-state index contributed by atoms with van der Waals surface area (Å²) in [6, 6.07) is 12.1. The molecule has 3 nitrogen and oxygen atoms in total. The monoisotopic (exact) mass is 294 g/mol. The van der Waals surface area contributed by atoms with Crippen LogP contribution in [0, 0.1) is 31.1 Å². The van der Waals surface area contributed by atoms with E-state index in [0.29, 0.717) is 18.0 Å². The Morgan fingerprint density at radius 1 is 1.18 bits per heavy atom. The molecule has 1 aromatic heterocycles. The topological polar surface area (TPSA) is 45.8 Å². The molecule has 0 fully saturated rings. The minimum Gasteiger partial charge on any atom is -0.308 e. The average Bonchev–Trinajstić information content (AvgIpc) is 2.46. The third-order valence-electron chi connectivity index (χ3n) is 3.74. The average molecular weight is 294 g/mol. The van der Waals surface area contributed by atoms with E-state index in [1.165, 1.54) is 5.56 Å². The highest BCUT2D eigenvalue weighted by Gasteiger charge is 2.13. The van der Waals surface area contributed by atoms with Crippen LogP contribution in [0.15, 0.2) is 35.1 Å². The van der Waals surface area contributed by atoms with Gasteiger partial charge < -0.3 is 4.57 Å². The number of hydrogen-bond donors (Lipinski definition) is 0. The molecule has 0 unspecified atom stereocenters. The number of pyridine rings is 1. The van der Waals surface area contributed by atoms with E-state index in [9.17, 15) is 4.79 Å². The van der Waals surface area contributed by atoms with Crippen molar-refractivity contribution in [3.63, 3.8) is 0 Å². The van der Waals surface area contributed by atoms with Crippen molar-refractivity contribution in [2.75, 3.05) is 0 Å². The standard InChI is InChI=1S/C19H22N2O/c1-13(2)12-21-18(8-7-16(9-10-20)19(21)22)17-11-14(3)5-6-15(17)4/h5-8,11,13H,9,12H2,1-4H3. The van der Waals surface area contributed by atoms with Gasteiger partial charge >= 0.3 is 0 Å². The fraction of sp³-hybridized carbons (Fsp3) is 0.368. The lowest BCUT2D eigenvalue weighted by Crippen LogP contribution is -2.27. The van der Waals surface area contributed by atoms with Crippen molar-refractivity contribution in [3.8, 4) is 17.3 Å². The number of hydrogen-bond acceptors (Lipinski definition) is 2. The fourth-order valence-corrected chi connectivity index (χ4v) is 2.64. The van der Waals surface area contributed by atoms with Gasteiger partial charge in [0, 0.05) is 17.7 Å². The van der Waals surface area contributed by atoms with Crippen LogP contribution in [-0.4, -0.2) is 4.57 Å². The Hall–Kier alpha value is -2.34. The number of nitriles is 1. The lowest BCUT2D eigenvalue weighted by molar-refractivity contribution is 0.513. The normalized spacial score (nSPS) is 10.7. The van der Waals surface area contributed by atoms with E-state index in [-0.39, 0.29) is 12.0 Å². The van der Waals surface area contributed by atoms with Crippen molar-refractivity contribution in [2.24, 2.45) is 5.92 Å². The molecule has 0 N–H and O–H groups in total. The zero-order valence-electron chi connectivity index (χ0n) is 13.7. The lowest BCUT2D eigenvalue weighted by Gasteiger charge is -2.18. The summed E-state index contributed by atoms with van der Waals surface area (Å²) < 4.78 is 1.82. The molecular weight excluding hydrogens is 272 g/mol. The molecule has 22 heavy (non-hydrogen) atoms. The Bertz CT molecular complexity index is 779. The smallest absolute Gasteiger partial charge is 0.255 e. The van der Waals surface area contributed by atoms with E-state index in [1.807, 2.05) is 10.6 Å². The molecule has 114 valence electrons. The van der Waals surface area contributed by atoms with Crippen LogP contribution in [0.2, 0.25) is 0 Å². The molecule has 0 saturated carbocycles. The summed E-state index contributed by atoms with van der Waals surface area (Å²) in [5, 5.41) is 8.89. The van der Waals surface area contributed by atoms with Crippen LogP contribution in [0.25, 0.3) is 11.3 Å². The van der Waals surface area contributed by atoms with E-state index in [4.69, 9.17) is 5.26 Å². The maximum Gasteiger partial charge on any atom is 0.255 e. The predicted molar refractivity (Wildman–Crippen MR) is 89.8 cm³/mol. The molecule has 2 aromatic rings. The van der Waals surface area contributed by atoms with Gasteiger partial charge in [0.2, 0.25) is 0 Å². The molecule has 0 bridgehead atoms. The van der Waals surface area contributed by atoms with Crippen LogP contribution in [0.4, 0.5) is 0 Å². The maximum atomic E-state index is 12.7. The molecule has 3 heteroatoms. The molecule has 0 radical (unpaired) electrons. The molecule has 0 spiro atoms. The summed E-state index contributed by atoms with van der Waals surface area (Å²) >= 11 is 0. The van der Waals surface area contributed by atoms with E-state index < -0.39 is 0 Å². The highest BCUT2D eigenvalue weighted by Crippen LogP contribution is 2.24. The zero-order chi connectivity index (χ0) is 16.3. The van der Waals surface area contributed by atoms with E-state index in [1.54, 1.807) is 6.07 Å². The van der Waals surface area contributed by atoms with Crippen LogP contribution in [0.3, 0.4) is 0 Å². The van der Waals surface area contributed by atoms with Crippen LogP contribution in [-0.2, 0) is 13.0 Å². The molecular formula is C19H22N2O. The first-order chi connectivity index (χ1) is 10.4. The lowest BCUT2D eigenvalue weighted by atomic mass is 10.0. The van der Waals surface area contributed by atoms with Gasteiger partial charge in [0.25, 0.3) is 5.56 Å². The van der Waals surface area contributed by atoms with Gasteiger partial charge in [0.1, 0.15) is 0 Å². The van der Waals surface area contributed by atoms with Gasteiger partial charge in [0.15, 0.2) is 0 Å². The molecule has 1 aromatic carbocycles. The summed E-state index contributed by atoms with van der Waals surface area (Å²) in [4.78, 5) is 12.7. The molecule has 0 amide bonds. The molecule has 1 heterocycles. The maximum absolute atomic E-state index is 12.7. The van der Waals surface area contributed by atoms with Crippen molar-refractivity contribution in [2.45, 2.75) is 40.7 Å². The van der Waals surface area contributed by atoms with Gasteiger partial charge in [-0.2, -0.15) is 5.26 Å². The zero-order valence-corrected chi connectivity index (χ0v) is 13.7. The first kappa shape index (κ1) is 16.0. The molecule has 0 atom stereocenters. The van der Waals surface area contributed by atoms with Gasteiger partial charge in [-0.15, -0.1) is 0 Å². The second kappa shape index (κ2) is 6.62. The van der Waals surface area contributed by atoms with Crippen LogP contribution in [0.1, 0.15) is 30.5 Å². The molecule has 0 aliphatic heterocycles. The van der Waals surface area contributed by atoms with Gasteiger partial charge in [-0.25, -0.2) is 0 Å². The fourth-order valence-electron chi connectivity index (χ4n) is 2.64. The SMILES string of the molecule is Cc1ccc(C)c(-c2ccc(CC#N)c(=O)n2CC(C)C)c1. The minimum absolute atomic E-state index is 0.0475. The Morgan fingerprint density at radius 2 is 1.91 bits per heavy atom. The Balaban J connectivity index is 2.70. The third-order valence-corrected chi connectivity index (χ3v) is 3.74. The summed E-state index contributed by atoms with van der Waals surface area (Å²) in [5.74, 6) is 0.360. The summed E-state index contributed by atoms with van der Waals surface area (Å²) in [5.41, 5.74) is 4.86. The van der Waals surface area contributed by atoms with Crippen LogP contribution < -0.4 is 5.56 Å². The van der Waals surface area contributed by atoms with E-state index in [2.05, 4.69) is 52.0 Å². The minimum atomic E-state index is -0.0475. The van der Waals surface area contributed by atoms with Crippen molar-refractivity contribution < 1.29 is 0 Å². The Morgan fingerprint density at radius 3 is 2.55 bits per heavy atom. The number of aryl methyl sites for hydroxylation is 2. The van der Waals surface area contributed by atoms with Crippen molar-refractivity contribution in [1.29, 1.82) is 5.26 Å². The highest BCUT2D eigenvalue weighted by molar-refractivity contribution is 5.65. The van der Waals surface area contributed by atoms with Crippen molar-refractivity contribution in [3.05, 3.63) is 57.4 Å². The summed E-state index contributed by atoms with van der Waals surface area (Å²) in [7, 11) is 0. The summed E-state index contributed by atoms with van der Waals surface area (Å²) in [6.45, 7) is 8.95. The highest BCUT2D eigenvalue weighted by atomic mass is 16.1. The first-order valence-electron chi connectivity index (χ1n) is 7.61. The van der Waals surface area contributed by atoms with Crippen LogP contribution in [0.5, 0.6) is 0 Å². The second-order valence-corrected chi connectivity index (χ2v) is 6.21. The first-order valence-corrected chi connectivity index (χ1v) is 7.61. The number of rotatable bonds is 4. The molecule has 2 rings (SSSR count). The molecule has 0 aliphatic rings. The largest absolute Gasteiger partial charge is 0.308 e. The van der Waals surface area contributed by atoms with Crippen molar-refractivity contribution >= 4 is 0 Å². The number of aromatic nitrogens is 1. The van der Waals surface area contributed by atoms with Crippen LogP contribution >= 0.6 is 0 Å². The summed E-state index contributed by atoms with van der Waals surface area (Å²) in [6.07, 6.45) is 0.157. The molecule has 0 aliphatic carbocycles. The van der Waals surface area contributed by atoms with Gasteiger partial charge in [0.05, 0.1) is 18.2 Å². The molecule has 0 saturated heterocycles. The quantitative estimate of drug-likeness (QED) is 0.859. The van der Waals surface area contributed by atoms with E-state index in [0.717, 1.165) is 16.8 Å². The van der Waals surface area contributed by atoms with Gasteiger partial charge in [-0.05, 0) is 37.5 Å². The Kier molecular flexibility index (Phi) is 4.82. The Labute approximate surface area is 131 Å². The number of nitrogens with zero attached hydrogens (tertiary/aromatic N) is 2. The third kappa shape index (κ3) is 3.28. The number of benzene rings is 1.